The van der Waals surface area contributed by atoms with Crippen LogP contribution in [0.5, 0.6) is 0 Å². The number of nitrogens with zero attached hydrogens (tertiary/aromatic N) is 3. The van der Waals surface area contributed by atoms with Gasteiger partial charge in [0.25, 0.3) is 0 Å². The van der Waals surface area contributed by atoms with Crippen LogP contribution in [0.3, 0.4) is 0 Å². The van der Waals surface area contributed by atoms with Crippen molar-refractivity contribution >= 4 is 17.3 Å². The summed E-state index contributed by atoms with van der Waals surface area (Å²) in [6.45, 7) is 2.07. The van der Waals surface area contributed by atoms with Crippen molar-refractivity contribution in [2.45, 2.75) is 13.2 Å². The fourth-order valence-electron chi connectivity index (χ4n) is 2.89. The molecule has 0 saturated carbocycles. The van der Waals surface area contributed by atoms with Gasteiger partial charge in [-0.25, -0.2) is 4.52 Å². The van der Waals surface area contributed by atoms with Gasteiger partial charge < -0.3 is 16.2 Å². The lowest BCUT2D eigenvalue weighted by Gasteiger charge is -2.06. The highest BCUT2D eigenvalue weighted by atomic mass is 16.3. The molecule has 0 aliphatic heterocycles. The quantitative estimate of drug-likeness (QED) is 0.493. The van der Waals surface area contributed by atoms with Crippen molar-refractivity contribution in [3.63, 3.8) is 0 Å². The zero-order chi connectivity index (χ0) is 18.1. The Morgan fingerprint density at radius 1 is 1.08 bits per heavy atom. The minimum atomic E-state index is -0.978. The van der Waals surface area contributed by atoms with E-state index in [-0.39, 0.29) is 0 Å². The Balaban J connectivity index is 1.68. The van der Waals surface area contributed by atoms with Gasteiger partial charge in [-0.05, 0) is 42.3 Å². The maximum Gasteiger partial charge on any atom is 0.247 e. The molecule has 130 valence electrons. The van der Waals surface area contributed by atoms with Crippen LogP contribution in [0, 0.1) is 6.92 Å². The van der Waals surface area contributed by atoms with Crippen molar-refractivity contribution in [1.82, 2.24) is 14.6 Å². The number of aromatic nitrogens is 3. The topological polar surface area (TPSA) is 88.5 Å². The number of rotatable bonds is 4. The maximum absolute atomic E-state index is 9.39. The molecule has 0 spiro atoms. The molecule has 0 fully saturated rings. The Kier molecular flexibility index (Phi) is 4.12. The fourth-order valence-corrected chi connectivity index (χ4v) is 2.89. The molecule has 4 N–H and O–H groups in total. The summed E-state index contributed by atoms with van der Waals surface area (Å²) >= 11 is 0. The van der Waals surface area contributed by atoms with Gasteiger partial charge in [-0.1, -0.05) is 42.0 Å². The first-order valence-electron chi connectivity index (χ1n) is 8.33. The third-order valence-corrected chi connectivity index (χ3v) is 4.20. The van der Waals surface area contributed by atoms with E-state index in [9.17, 15) is 5.11 Å². The second-order valence-corrected chi connectivity index (χ2v) is 6.19. The minimum absolute atomic E-state index is 0.506. The van der Waals surface area contributed by atoms with E-state index in [0.29, 0.717) is 11.5 Å². The number of nitrogens with two attached hydrogens (primary N) is 1. The van der Waals surface area contributed by atoms with Crippen LogP contribution < -0.4 is 11.1 Å². The Bertz CT molecular complexity index is 1050. The summed E-state index contributed by atoms with van der Waals surface area (Å²) in [5.74, 6) is 0.506. The number of nitrogens with one attached hydrogen (secondary N) is 1. The van der Waals surface area contributed by atoms with Gasteiger partial charge in [0.2, 0.25) is 5.95 Å². The van der Waals surface area contributed by atoms with Gasteiger partial charge in [0.15, 0.2) is 5.65 Å². The Hall–Kier alpha value is -3.22. The molecule has 0 aliphatic carbocycles. The van der Waals surface area contributed by atoms with Crippen molar-refractivity contribution in [3.05, 3.63) is 78.0 Å². The first-order chi connectivity index (χ1) is 12.6. The predicted molar refractivity (Wildman–Crippen MR) is 102 cm³/mol. The van der Waals surface area contributed by atoms with Crippen LogP contribution in [0.2, 0.25) is 0 Å². The van der Waals surface area contributed by atoms with Gasteiger partial charge in [0.1, 0.15) is 6.23 Å². The summed E-state index contributed by atoms with van der Waals surface area (Å²) in [6, 6.07) is 19.5. The molecule has 0 amide bonds. The van der Waals surface area contributed by atoms with Crippen LogP contribution in [0.4, 0.5) is 11.6 Å². The molecule has 1 atom stereocenters. The third kappa shape index (κ3) is 3.15. The average molecular weight is 345 g/mol. The number of aliphatic hydroxyl groups excluding tert-OH is 1. The van der Waals surface area contributed by atoms with Crippen molar-refractivity contribution in [2.75, 3.05) is 5.32 Å². The largest absolute Gasteiger partial charge is 0.375 e. The molecule has 1 unspecified atom stereocenters. The summed E-state index contributed by atoms with van der Waals surface area (Å²) in [6.07, 6.45) is 0.898. The zero-order valence-corrected chi connectivity index (χ0v) is 14.3. The molecule has 0 radical (unpaired) electrons. The highest BCUT2D eigenvalue weighted by molar-refractivity contribution is 5.78. The summed E-state index contributed by atoms with van der Waals surface area (Å²) in [5, 5.41) is 17.1. The van der Waals surface area contributed by atoms with Gasteiger partial charge in [0.05, 0.1) is 0 Å². The SMILES string of the molecule is Cc1cccc(-c2cccn3nc(Nc4ccc(C(N)O)cc4)nc23)c1. The smallest absolute Gasteiger partial charge is 0.247 e. The highest BCUT2D eigenvalue weighted by Gasteiger charge is 2.10. The van der Waals surface area contributed by atoms with Crippen LogP contribution in [0.15, 0.2) is 66.9 Å². The van der Waals surface area contributed by atoms with Gasteiger partial charge in [-0.15, -0.1) is 5.10 Å². The molecular weight excluding hydrogens is 326 g/mol. The van der Waals surface area contributed by atoms with E-state index in [4.69, 9.17) is 5.73 Å². The van der Waals surface area contributed by atoms with E-state index in [1.54, 1.807) is 16.6 Å². The first-order valence-corrected chi connectivity index (χ1v) is 8.33. The van der Waals surface area contributed by atoms with Crippen molar-refractivity contribution in [2.24, 2.45) is 5.73 Å². The standard InChI is InChI=1S/C20H19N5O/c1-13-4-2-5-15(12-13)17-6-3-11-25-19(17)23-20(24-25)22-16-9-7-14(8-10-16)18(21)26/h2-12,18,26H,21H2,1H3,(H,22,24). The van der Waals surface area contributed by atoms with Crippen molar-refractivity contribution in [1.29, 1.82) is 0 Å². The Labute approximate surface area is 150 Å². The van der Waals surface area contributed by atoms with Crippen LogP contribution in [0.1, 0.15) is 17.4 Å². The molecule has 0 bridgehead atoms. The van der Waals surface area contributed by atoms with E-state index in [2.05, 4.69) is 40.5 Å². The molecule has 0 saturated heterocycles. The summed E-state index contributed by atoms with van der Waals surface area (Å²) in [5.41, 5.74) is 11.1. The number of anilines is 2. The van der Waals surface area contributed by atoms with Crippen molar-refractivity contribution in [3.8, 4) is 11.1 Å². The number of pyridine rings is 1. The number of aryl methyl sites for hydroxylation is 1. The lowest BCUT2D eigenvalue weighted by atomic mass is 10.1. The van der Waals surface area contributed by atoms with Gasteiger partial charge in [-0.2, -0.15) is 4.98 Å². The third-order valence-electron chi connectivity index (χ3n) is 4.20. The normalized spacial score (nSPS) is 12.3. The molecule has 4 aromatic rings. The molecule has 26 heavy (non-hydrogen) atoms. The van der Waals surface area contributed by atoms with E-state index in [1.165, 1.54) is 5.56 Å². The first kappa shape index (κ1) is 16.3. The van der Waals surface area contributed by atoms with E-state index >= 15 is 0 Å². The van der Waals surface area contributed by atoms with Crippen LogP contribution in [-0.4, -0.2) is 19.7 Å². The molecule has 2 aromatic heterocycles. The lowest BCUT2D eigenvalue weighted by molar-refractivity contribution is 0.186. The minimum Gasteiger partial charge on any atom is -0.375 e. The zero-order valence-electron chi connectivity index (χ0n) is 14.3. The summed E-state index contributed by atoms with van der Waals surface area (Å²) in [7, 11) is 0. The number of fused-ring (bicyclic) bond motifs is 1. The molecular formula is C20H19N5O. The predicted octanol–water partition coefficient (Wildman–Crippen LogP) is 3.40. The molecule has 6 heteroatoms. The Morgan fingerprint density at radius 2 is 1.88 bits per heavy atom. The van der Waals surface area contributed by atoms with Crippen LogP contribution in [0.25, 0.3) is 16.8 Å². The summed E-state index contributed by atoms with van der Waals surface area (Å²) < 4.78 is 1.76. The highest BCUT2D eigenvalue weighted by Crippen LogP contribution is 2.25. The average Bonchev–Trinajstić information content (AvgIpc) is 3.04. The van der Waals surface area contributed by atoms with Crippen LogP contribution in [-0.2, 0) is 0 Å². The second-order valence-electron chi connectivity index (χ2n) is 6.19. The lowest BCUT2D eigenvalue weighted by Crippen LogP contribution is -2.08. The molecule has 0 aliphatic rings. The van der Waals surface area contributed by atoms with Gasteiger partial charge in [0, 0.05) is 17.4 Å². The van der Waals surface area contributed by atoms with E-state index < -0.39 is 6.23 Å². The molecule has 2 aromatic carbocycles. The second kappa shape index (κ2) is 6.59. The fraction of sp³-hybridized carbons (Fsp3) is 0.100. The molecule has 6 nitrogen and oxygen atoms in total. The van der Waals surface area contributed by atoms with Crippen molar-refractivity contribution < 1.29 is 5.11 Å². The number of hydrogen-bond acceptors (Lipinski definition) is 5. The number of aliphatic hydroxyl groups is 1. The summed E-state index contributed by atoms with van der Waals surface area (Å²) in [4.78, 5) is 4.64. The van der Waals surface area contributed by atoms with E-state index in [1.807, 2.05) is 36.5 Å². The monoisotopic (exact) mass is 345 g/mol. The van der Waals surface area contributed by atoms with Gasteiger partial charge in [-0.3, -0.25) is 0 Å². The number of benzene rings is 2. The molecule has 4 rings (SSSR count). The maximum atomic E-state index is 9.39. The van der Waals surface area contributed by atoms with Crippen LogP contribution >= 0.6 is 0 Å². The molecule has 2 heterocycles. The number of hydrogen-bond donors (Lipinski definition) is 3. The van der Waals surface area contributed by atoms with Gasteiger partial charge >= 0.3 is 0 Å². The Morgan fingerprint density at radius 3 is 2.62 bits per heavy atom. The van der Waals surface area contributed by atoms with E-state index in [0.717, 1.165) is 22.5 Å².